The third-order valence-corrected chi connectivity index (χ3v) is 5.83. The molecule has 0 aromatic heterocycles. The summed E-state index contributed by atoms with van der Waals surface area (Å²) in [5.41, 5.74) is -0.292. The van der Waals surface area contributed by atoms with Crippen LogP contribution in [0.5, 0.6) is 11.5 Å². The van der Waals surface area contributed by atoms with Crippen molar-refractivity contribution in [3.05, 3.63) is 57.6 Å². The second kappa shape index (κ2) is 11.5. The normalized spacial score (nSPS) is 11.0. The van der Waals surface area contributed by atoms with Gasteiger partial charge >= 0.3 is 0 Å². The molecule has 10 nitrogen and oxygen atoms in total. The maximum atomic E-state index is 12.2. The standard InChI is InChI=1S/C20H24ClN3O7S/c1-30-18-6-3-4-7-19(18)31-13-11-22-20(25)8-5-12-23(32(2,28)29)17-14-15(24(26)27)9-10-16(17)21/h3-4,6-7,9-10,14H,5,8,11-13H2,1-2H3,(H,22,25). The molecule has 174 valence electrons. The number of sulfonamides is 1. The third-order valence-electron chi connectivity index (χ3n) is 4.33. The Morgan fingerprint density at radius 2 is 1.91 bits per heavy atom. The fraction of sp³-hybridized carbons (Fsp3) is 0.350. The molecule has 0 radical (unpaired) electrons. The number of nitrogens with zero attached hydrogens (tertiary/aromatic N) is 2. The predicted molar refractivity (Wildman–Crippen MR) is 121 cm³/mol. The predicted octanol–water partition coefficient (Wildman–Crippen LogP) is 3.00. The minimum absolute atomic E-state index is 0.00557. The number of rotatable bonds is 12. The van der Waals surface area contributed by atoms with Crippen LogP contribution in [0.2, 0.25) is 5.02 Å². The van der Waals surface area contributed by atoms with Crippen LogP contribution in [0.15, 0.2) is 42.5 Å². The fourth-order valence-electron chi connectivity index (χ4n) is 2.83. The van der Waals surface area contributed by atoms with Crippen LogP contribution in [0, 0.1) is 10.1 Å². The van der Waals surface area contributed by atoms with E-state index in [1.807, 2.05) is 6.07 Å². The summed E-state index contributed by atoms with van der Waals surface area (Å²) < 4.78 is 36.1. The number of anilines is 1. The van der Waals surface area contributed by atoms with E-state index in [1.165, 1.54) is 19.2 Å². The molecule has 0 unspecified atom stereocenters. The van der Waals surface area contributed by atoms with Crippen molar-refractivity contribution in [2.45, 2.75) is 12.8 Å². The first-order chi connectivity index (χ1) is 15.1. The van der Waals surface area contributed by atoms with Crippen molar-refractivity contribution < 1.29 is 27.6 Å². The van der Waals surface area contributed by atoms with Crippen molar-refractivity contribution in [1.82, 2.24) is 5.32 Å². The van der Waals surface area contributed by atoms with Crippen LogP contribution in [0.3, 0.4) is 0 Å². The fourth-order valence-corrected chi connectivity index (χ4v) is 4.07. The zero-order valence-corrected chi connectivity index (χ0v) is 19.2. The molecule has 0 saturated carbocycles. The summed E-state index contributed by atoms with van der Waals surface area (Å²) in [6, 6.07) is 10.7. The topological polar surface area (TPSA) is 128 Å². The number of halogens is 1. The molecule has 0 bridgehead atoms. The number of ether oxygens (including phenoxy) is 2. The molecule has 0 heterocycles. The second-order valence-corrected chi connectivity index (χ2v) is 8.99. The number of nitrogens with one attached hydrogen (secondary N) is 1. The summed E-state index contributed by atoms with van der Waals surface area (Å²) in [4.78, 5) is 22.5. The van der Waals surface area contributed by atoms with E-state index in [0.717, 1.165) is 16.6 Å². The SMILES string of the molecule is COc1ccccc1OCCNC(=O)CCCN(c1cc([N+](=O)[O-])ccc1Cl)S(C)(=O)=O. The van der Waals surface area contributed by atoms with E-state index in [-0.39, 0.29) is 54.8 Å². The Labute approximate surface area is 191 Å². The second-order valence-electron chi connectivity index (χ2n) is 6.68. The van der Waals surface area contributed by atoms with Gasteiger partial charge < -0.3 is 14.8 Å². The highest BCUT2D eigenvalue weighted by molar-refractivity contribution is 7.92. The molecule has 2 aromatic rings. The zero-order chi connectivity index (χ0) is 23.7. The first kappa shape index (κ1) is 25.2. The van der Waals surface area contributed by atoms with Crippen LogP contribution in [-0.2, 0) is 14.8 Å². The number of hydrogen-bond donors (Lipinski definition) is 1. The first-order valence-corrected chi connectivity index (χ1v) is 11.8. The van der Waals surface area contributed by atoms with E-state index >= 15 is 0 Å². The van der Waals surface area contributed by atoms with Gasteiger partial charge in [-0.15, -0.1) is 0 Å². The lowest BCUT2D eigenvalue weighted by Crippen LogP contribution is -2.33. The third kappa shape index (κ3) is 7.27. The Bertz CT molecular complexity index is 1060. The van der Waals surface area contributed by atoms with Gasteiger partial charge in [0.2, 0.25) is 15.9 Å². The maximum Gasteiger partial charge on any atom is 0.271 e. The first-order valence-electron chi connectivity index (χ1n) is 9.57. The summed E-state index contributed by atoms with van der Waals surface area (Å²) in [6.07, 6.45) is 1.20. The molecule has 12 heteroatoms. The van der Waals surface area contributed by atoms with Crippen molar-refractivity contribution in [2.24, 2.45) is 0 Å². The lowest BCUT2D eigenvalue weighted by Gasteiger charge is -2.23. The quantitative estimate of drug-likeness (QED) is 0.278. The number of benzene rings is 2. The van der Waals surface area contributed by atoms with E-state index in [2.05, 4.69) is 5.32 Å². The molecule has 0 fully saturated rings. The molecule has 2 aromatic carbocycles. The Kier molecular flexibility index (Phi) is 9.09. The monoisotopic (exact) mass is 485 g/mol. The van der Waals surface area contributed by atoms with Crippen molar-refractivity contribution in [3.63, 3.8) is 0 Å². The van der Waals surface area contributed by atoms with Crippen LogP contribution >= 0.6 is 11.6 Å². The van der Waals surface area contributed by atoms with Gasteiger partial charge in [0, 0.05) is 25.1 Å². The largest absolute Gasteiger partial charge is 0.493 e. The van der Waals surface area contributed by atoms with Crippen LogP contribution in [0.1, 0.15) is 12.8 Å². The molecule has 2 rings (SSSR count). The summed E-state index contributed by atoms with van der Waals surface area (Å²) in [5, 5.41) is 13.8. The average Bonchev–Trinajstić information content (AvgIpc) is 2.74. The molecule has 1 N–H and O–H groups in total. The highest BCUT2D eigenvalue weighted by atomic mass is 35.5. The van der Waals surface area contributed by atoms with Gasteiger partial charge in [0.15, 0.2) is 11.5 Å². The highest BCUT2D eigenvalue weighted by Crippen LogP contribution is 2.31. The van der Waals surface area contributed by atoms with Gasteiger partial charge in [0.25, 0.3) is 5.69 Å². The Morgan fingerprint density at radius 3 is 2.53 bits per heavy atom. The van der Waals surface area contributed by atoms with Crippen LogP contribution in [-0.4, -0.2) is 52.3 Å². The summed E-state index contributed by atoms with van der Waals surface area (Å²) in [7, 11) is -2.24. The van der Waals surface area contributed by atoms with Gasteiger partial charge in [0.05, 0.1) is 35.5 Å². The van der Waals surface area contributed by atoms with Gasteiger partial charge in [-0.05, 0) is 24.6 Å². The number of methoxy groups -OCH3 is 1. The van der Waals surface area contributed by atoms with Crippen molar-refractivity contribution in [1.29, 1.82) is 0 Å². The van der Waals surface area contributed by atoms with Crippen LogP contribution < -0.4 is 19.1 Å². The number of nitro benzene ring substituents is 1. The van der Waals surface area contributed by atoms with E-state index in [0.29, 0.717) is 11.5 Å². The van der Waals surface area contributed by atoms with Gasteiger partial charge in [-0.2, -0.15) is 0 Å². The van der Waals surface area contributed by atoms with E-state index in [9.17, 15) is 23.3 Å². The Hall–Kier alpha value is -3.05. The number of carbonyl (C=O) groups excluding carboxylic acids is 1. The Morgan fingerprint density at radius 1 is 1.22 bits per heavy atom. The maximum absolute atomic E-state index is 12.2. The minimum atomic E-state index is -3.78. The number of hydrogen-bond acceptors (Lipinski definition) is 7. The Balaban J connectivity index is 1.87. The van der Waals surface area contributed by atoms with Gasteiger partial charge in [0.1, 0.15) is 6.61 Å². The molecule has 32 heavy (non-hydrogen) atoms. The molecular formula is C20H24ClN3O7S. The van der Waals surface area contributed by atoms with Gasteiger partial charge in [-0.1, -0.05) is 23.7 Å². The number of para-hydroxylation sites is 2. The molecule has 0 aliphatic carbocycles. The molecule has 0 saturated heterocycles. The summed E-state index contributed by atoms with van der Waals surface area (Å²) in [6.45, 7) is 0.416. The van der Waals surface area contributed by atoms with E-state index < -0.39 is 14.9 Å². The van der Waals surface area contributed by atoms with Gasteiger partial charge in [-0.25, -0.2) is 8.42 Å². The smallest absolute Gasteiger partial charge is 0.271 e. The number of nitro groups is 1. The zero-order valence-electron chi connectivity index (χ0n) is 17.6. The van der Waals surface area contributed by atoms with Crippen molar-refractivity contribution in [3.8, 4) is 11.5 Å². The molecule has 0 aliphatic heterocycles. The van der Waals surface area contributed by atoms with Crippen molar-refractivity contribution >= 4 is 38.9 Å². The molecule has 1 amide bonds. The average molecular weight is 486 g/mol. The van der Waals surface area contributed by atoms with Crippen LogP contribution in [0.4, 0.5) is 11.4 Å². The number of non-ortho nitro benzene ring substituents is 1. The van der Waals surface area contributed by atoms with Crippen LogP contribution in [0.25, 0.3) is 0 Å². The lowest BCUT2D eigenvalue weighted by molar-refractivity contribution is -0.384. The molecule has 0 spiro atoms. The number of amides is 1. The summed E-state index contributed by atoms with van der Waals surface area (Å²) >= 11 is 6.07. The van der Waals surface area contributed by atoms with Gasteiger partial charge in [-0.3, -0.25) is 19.2 Å². The number of carbonyl (C=O) groups is 1. The highest BCUT2D eigenvalue weighted by Gasteiger charge is 2.22. The van der Waals surface area contributed by atoms with Crippen molar-refractivity contribution in [2.75, 3.05) is 37.4 Å². The lowest BCUT2D eigenvalue weighted by atomic mass is 10.2. The van der Waals surface area contributed by atoms with E-state index in [4.69, 9.17) is 21.1 Å². The molecule has 0 aliphatic rings. The summed E-state index contributed by atoms with van der Waals surface area (Å²) in [5.74, 6) is 0.855. The molecule has 0 atom stereocenters. The molecular weight excluding hydrogens is 462 g/mol. The van der Waals surface area contributed by atoms with E-state index in [1.54, 1.807) is 18.2 Å². The minimum Gasteiger partial charge on any atom is -0.493 e.